The lowest BCUT2D eigenvalue weighted by atomic mass is 10.1. The van der Waals surface area contributed by atoms with Gasteiger partial charge in [0.1, 0.15) is 11.6 Å². The van der Waals surface area contributed by atoms with Crippen molar-refractivity contribution in [3.05, 3.63) is 93.5 Å². The molecule has 0 aromatic heterocycles. The molecule has 0 bridgehead atoms. The number of hydrogen-bond donors (Lipinski definition) is 0. The highest BCUT2D eigenvalue weighted by Gasteiger charge is 2.22. The van der Waals surface area contributed by atoms with E-state index in [1.165, 1.54) is 11.1 Å². The normalized spacial score (nSPS) is 14.1. The Labute approximate surface area is 216 Å². The molecule has 0 spiro atoms. The Morgan fingerprint density at radius 1 is 0.912 bits per heavy atom. The van der Waals surface area contributed by atoms with E-state index in [-0.39, 0.29) is 0 Å². The molecule has 34 heavy (non-hydrogen) atoms. The van der Waals surface area contributed by atoms with Crippen LogP contribution in [0.3, 0.4) is 0 Å². The molecule has 0 radical (unpaired) electrons. The van der Waals surface area contributed by atoms with E-state index in [4.69, 9.17) is 21.7 Å². The zero-order chi connectivity index (χ0) is 23.9. The number of thiocarbonyl (C=S) groups is 1. The van der Waals surface area contributed by atoms with Gasteiger partial charge in [0.05, 0.1) is 11.1 Å². The maximum absolute atomic E-state index is 6.16. The number of rotatable bonds is 8. The van der Waals surface area contributed by atoms with Gasteiger partial charge in [-0.2, -0.15) is 0 Å². The molecule has 0 saturated carbocycles. The summed E-state index contributed by atoms with van der Waals surface area (Å²) in [4.78, 5) is 5.63. The monoisotopic (exact) mass is 538 g/mol. The number of ether oxygens (including phenoxy) is 2. The first-order valence-electron chi connectivity index (χ1n) is 11.7. The number of nitrogens with zero attached hydrogens (tertiary/aromatic N) is 2. The summed E-state index contributed by atoms with van der Waals surface area (Å²) in [6.45, 7) is 9.90. The molecule has 3 aromatic rings. The van der Waals surface area contributed by atoms with Crippen molar-refractivity contribution < 1.29 is 9.47 Å². The van der Waals surface area contributed by atoms with Gasteiger partial charge < -0.3 is 14.4 Å². The Bertz CT molecular complexity index is 1100. The predicted molar refractivity (Wildman–Crippen MR) is 146 cm³/mol. The minimum absolute atomic E-state index is 0.478. The van der Waals surface area contributed by atoms with E-state index in [2.05, 4.69) is 87.3 Å². The fourth-order valence-electron chi connectivity index (χ4n) is 4.07. The molecule has 1 aliphatic heterocycles. The molecule has 0 atom stereocenters. The van der Waals surface area contributed by atoms with Gasteiger partial charge in [0, 0.05) is 38.3 Å². The average Bonchev–Trinajstić information content (AvgIpc) is 2.85. The van der Waals surface area contributed by atoms with Crippen molar-refractivity contribution in [2.45, 2.75) is 27.0 Å². The Balaban J connectivity index is 1.42. The van der Waals surface area contributed by atoms with Crippen molar-refractivity contribution in [1.29, 1.82) is 0 Å². The number of benzene rings is 3. The Morgan fingerprint density at radius 3 is 2.29 bits per heavy atom. The largest absolute Gasteiger partial charge is 0.490 e. The van der Waals surface area contributed by atoms with Crippen molar-refractivity contribution >= 4 is 33.1 Å². The van der Waals surface area contributed by atoms with Gasteiger partial charge in [-0.25, -0.2) is 0 Å². The van der Waals surface area contributed by atoms with Crippen LogP contribution in [0.1, 0.15) is 29.2 Å². The summed E-state index contributed by atoms with van der Waals surface area (Å²) in [7, 11) is 0. The molecule has 1 aliphatic rings. The van der Waals surface area contributed by atoms with E-state index < -0.39 is 0 Å². The molecular weight excluding hydrogens is 508 g/mol. The van der Waals surface area contributed by atoms with E-state index in [1.54, 1.807) is 0 Å². The molecule has 1 saturated heterocycles. The second-order valence-electron chi connectivity index (χ2n) is 8.55. The van der Waals surface area contributed by atoms with E-state index in [9.17, 15) is 0 Å². The van der Waals surface area contributed by atoms with Gasteiger partial charge >= 0.3 is 0 Å². The number of piperazine rings is 1. The molecule has 0 aliphatic carbocycles. The second kappa shape index (κ2) is 11.8. The van der Waals surface area contributed by atoms with Crippen molar-refractivity contribution in [1.82, 2.24) is 9.80 Å². The van der Waals surface area contributed by atoms with E-state index >= 15 is 0 Å². The summed E-state index contributed by atoms with van der Waals surface area (Å²) in [6.07, 6.45) is 0. The van der Waals surface area contributed by atoms with E-state index in [0.717, 1.165) is 53.3 Å². The third kappa shape index (κ3) is 6.38. The summed E-state index contributed by atoms with van der Waals surface area (Å²) in [6, 6.07) is 23.1. The van der Waals surface area contributed by atoms with Crippen LogP contribution in [0.2, 0.25) is 0 Å². The quantitative estimate of drug-likeness (QED) is 0.316. The average molecular weight is 540 g/mol. The fraction of sp³-hybridized carbons (Fsp3) is 0.321. The van der Waals surface area contributed by atoms with Gasteiger partial charge in [0.2, 0.25) is 0 Å². The maximum atomic E-state index is 6.16. The lowest BCUT2D eigenvalue weighted by Crippen LogP contribution is -2.48. The standard InChI is InChI=1S/C28H31BrN2O2S/c1-3-32-26-18-24(17-25(29)27(26)33-20-23-11-9-21(2)10-12-23)28(34)31-15-13-30(14-16-31)19-22-7-5-4-6-8-22/h4-12,17-18H,3,13-16,19-20H2,1-2H3. The third-order valence-corrected chi connectivity index (χ3v) is 7.05. The highest BCUT2D eigenvalue weighted by atomic mass is 79.9. The summed E-state index contributed by atoms with van der Waals surface area (Å²) < 4.78 is 13.0. The molecule has 1 heterocycles. The third-order valence-electron chi connectivity index (χ3n) is 5.97. The summed E-state index contributed by atoms with van der Waals surface area (Å²) in [5.74, 6) is 1.42. The van der Waals surface area contributed by atoms with Crippen molar-refractivity contribution in [2.24, 2.45) is 0 Å². The van der Waals surface area contributed by atoms with Gasteiger partial charge in [-0.1, -0.05) is 72.4 Å². The maximum Gasteiger partial charge on any atom is 0.175 e. The van der Waals surface area contributed by atoms with E-state index in [1.807, 2.05) is 19.1 Å². The number of halogens is 1. The molecule has 4 rings (SSSR count). The number of hydrogen-bond acceptors (Lipinski definition) is 4. The Morgan fingerprint density at radius 2 is 1.62 bits per heavy atom. The first-order chi connectivity index (χ1) is 16.5. The van der Waals surface area contributed by atoms with Crippen LogP contribution in [0.5, 0.6) is 11.5 Å². The zero-order valence-corrected chi connectivity index (χ0v) is 22.2. The molecular formula is C28H31BrN2O2S. The summed E-state index contributed by atoms with van der Waals surface area (Å²) >= 11 is 9.60. The van der Waals surface area contributed by atoms with Crippen molar-refractivity contribution in [3.63, 3.8) is 0 Å². The van der Waals surface area contributed by atoms with Crippen molar-refractivity contribution in [3.8, 4) is 11.5 Å². The minimum atomic E-state index is 0.478. The van der Waals surface area contributed by atoms with Gasteiger partial charge in [-0.3, -0.25) is 4.90 Å². The molecule has 1 fully saturated rings. The molecule has 4 nitrogen and oxygen atoms in total. The first-order valence-corrected chi connectivity index (χ1v) is 12.9. The fourth-order valence-corrected chi connectivity index (χ4v) is 4.92. The van der Waals surface area contributed by atoms with Crippen molar-refractivity contribution in [2.75, 3.05) is 32.8 Å². The molecule has 6 heteroatoms. The van der Waals surface area contributed by atoms with Crippen LogP contribution in [0.25, 0.3) is 0 Å². The minimum Gasteiger partial charge on any atom is -0.490 e. The highest BCUT2D eigenvalue weighted by molar-refractivity contribution is 9.10. The molecule has 0 amide bonds. The Kier molecular flexibility index (Phi) is 8.59. The van der Waals surface area contributed by atoms with Crippen LogP contribution in [-0.4, -0.2) is 47.6 Å². The van der Waals surface area contributed by atoms with Crippen LogP contribution in [0, 0.1) is 6.92 Å². The van der Waals surface area contributed by atoms with E-state index in [0.29, 0.717) is 24.7 Å². The Hall–Kier alpha value is -2.41. The van der Waals surface area contributed by atoms with Crippen LogP contribution in [0.15, 0.2) is 71.2 Å². The predicted octanol–water partition coefficient (Wildman–Crippen LogP) is 6.23. The summed E-state index contributed by atoms with van der Waals surface area (Å²) in [5, 5.41) is 0. The van der Waals surface area contributed by atoms with Crippen LogP contribution < -0.4 is 9.47 Å². The molecule has 0 N–H and O–H groups in total. The topological polar surface area (TPSA) is 24.9 Å². The van der Waals surface area contributed by atoms with Gasteiger partial charge in [-0.15, -0.1) is 0 Å². The molecule has 0 unspecified atom stereocenters. The van der Waals surface area contributed by atoms with Gasteiger partial charge in [0.15, 0.2) is 11.5 Å². The molecule has 178 valence electrons. The lowest BCUT2D eigenvalue weighted by molar-refractivity contribution is 0.177. The SMILES string of the molecule is CCOc1cc(C(=S)N2CCN(Cc3ccccc3)CC2)cc(Br)c1OCc1ccc(C)cc1. The zero-order valence-electron chi connectivity index (χ0n) is 19.8. The van der Waals surface area contributed by atoms with Gasteiger partial charge in [-0.05, 0) is 53.0 Å². The highest BCUT2D eigenvalue weighted by Crippen LogP contribution is 2.38. The smallest absolute Gasteiger partial charge is 0.175 e. The summed E-state index contributed by atoms with van der Waals surface area (Å²) in [5.41, 5.74) is 4.68. The lowest BCUT2D eigenvalue weighted by Gasteiger charge is -2.36. The van der Waals surface area contributed by atoms with Crippen LogP contribution in [-0.2, 0) is 13.2 Å². The first kappa shape index (κ1) is 24.7. The second-order valence-corrected chi connectivity index (χ2v) is 9.79. The van der Waals surface area contributed by atoms with Crippen LogP contribution in [0.4, 0.5) is 0 Å². The van der Waals surface area contributed by atoms with Gasteiger partial charge in [0.25, 0.3) is 0 Å². The molecule has 3 aromatic carbocycles. The number of aryl methyl sites for hydroxylation is 1. The van der Waals surface area contributed by atoms with Crippen LogP contribution >= 0.6 is 28.1 Å².